The van der Waals surface area contributed by atoms with Crippen molar-refractivity contribution in [1.82, 2.24) is 24.6 Å². The van der Waals surface area contributed by atoms with Gasteiger partial charge in [0.1, 0.15) is 0 Å². The minimum Gasteiger partial charge on any atom is -0.305 e. The van der Waals surface area contributed by atoms with Gasteiger partial charge in [0.2, 0.25) is 0 Å². The molecule has 1 saturated carbocycles. The maximum Gasteiger partial charge on any atom is 0.191 e. The van der Waals surface area contributed by atoms with Gasteiger partial charge < -0.3 is 9.47 Å². The molecule has 0 amide bonds. The van der Waals surface area contributed by atoms with Gasteiger partial charge >= 0.3 is 0 Å². The highest BCUT2D eigenvalue weighted by Gasteiger charge is 2.60. The minimum absolute atomic E-state index is 0.379. The molecule has 1 aliphatic heterocycles. The Balaban J connectivity index is 1.04. The molecule has 2 aliphatic rings. The highest BCUT2D eigenvalue weighted by Crippen LogP contribution is 2.59. The van der Waals surface area contributed by atoms with E-state index in [4.69, 9.17) is 11.6 Å². The van der Waals surface area contributed by atoms with Crippen molar-refractivity contribution in [2.75, 3.05) is 25.4 Å². The van der Waals surface area contributed by atoms with E-state index in [1.54, 1.807) is 11.8 Å². The number of hydrogen-bond acceptors (Lipinski definition) is 5. The quantitative estimate of drug-likeness (QED) is 0.244. The number of aromatic nitrogens is 4. The van der Waals surface area contributed by atoms with E-state index in [-0.39, 0.29) is 0 Å². The molecule has 2 aromatic carbocycles. The summed E-state index contributed by atoms with van der Waals surface area (Å²) >= 11 is 7.89. The Morgan fingerprint density at radius 1 is 1.09 bits per heavy atom. The Labute approximate surface area is 209 Å². The molecule has 1 aliphatic carbocycles. The second-order valence-corrected chi connectivity index (χ2v) is 11.2. The van der Waals surface area contributed by atoms with Crippen LogP contribution in [0.3, 0.4) is 0 Å². The highest BCUT2D eigenvalue weighted by atomic mass is 35.5. The number of aryl methyl sites for hydroxylation is 1. The van der Waals surface area contributed by atoms with Gasteiger partial charge in [0.05, 0.1) is 5.52 Å². The summed E-state index contributed by atoms with van der Waals surface area (Å²) in [4.78, 5) is 7.23. The first kappa shape index (κ1) is 22.1. The second-order valence-electron chi connectivity index (χ2n) is 9.73. The van der Waals surface area contributed by atoms with E-state index in [9.17, 15) is 0 Å². The van der Waals surface area contributed by atoms with Gasteiger partial charge in [0.25, 0.3) is 0 Å². The number of likely N-dealkylation sites (tertiary alicyclic amines) is 1. The highest BCUT2D eigenvalue weighted by molar-refractivity contribution is 7.99. The van der Waals surface area contributed by atoms with Gasteiger partial charge in [-0.05, 0) is 74.2 Å². The lowest BCUT2D eigenvalue weighted by Gasteiger charge is -2.21. The number of nitrogens with zero attached hydrogens (tertiary/aromatic N) is 5. The Morgan fingerprint density at radius 3 is 2.79 bits per heavy atom. The van der Waals surface area contributed by atoms with Gasteiger partial charge in [-0.1, -0.05) is 41.6 Å². The summed E-state index contributed by atoms with van der Waals surface area (Å²) in [5, 5.41) is 11.9. The van der Waals surface area contributed by atoms with E-state index in [1.807, 2.05) is 25.1 Å². The summed E-state index contributed by atoms with van der Waals surface area (Å²) in [6.45, 7) is 5.55. The van der Waals surface area contributed by atoms with Crippen molar-refractivity contribution in [1.29, 1.82) is 0 Å². The van der Waals surface area contributed by atoms with Crippen LogP contribution in [0.4, 0.5) is 0 Å². The van der Waals surface area contributed by atoms with E-state index in [0.29, 0.717) is 5.41 Å². The molecule has 0 radical (unpaired) electrons. The molecule has 0 N–H and O–H groups in total. The maximum absolute atomic E-state index is 6.09. The molecule has 0 bridgehead atoms. The lowest BCUT2D eigenvalue weighted by molar-refractivity contribution is 0.299. The SMILES string of the molecule is Cc1ccc2cc(-c3nnc(SCCCN4C[C@H]5C[C@@]5(c5ccc(Cl)cc5)C4)n3C)ccc2n1. The molecule has 4 aromatic rings. The van der Waals surface area contributed by atoms with E-state index < -0.39 is 0 Å². The molecule has 2 atom stereocenters. The Morgan fingerprint density at radius 2 is 1.94 bits per heavy atom. The van der Waals surface area contributed by atoms with Crippen LogP contribution in [0.25, 0.3) is 22.3 Å². The molecular formula is C27H28ClN5S. The number of thioether (sulfide) groups is 1. The molecule has 174 valence electrons. The van der Waals surface area contributed by atoms with E-state index in [0.717, 1.165) is 62.8 Å². The Kier molecular flexibility index (Phi) is 5.63. The van der Waals surface area contributed by atoms with E-state index in [1.165, 1.54) is 25.1 Å². The fourth-order valence-electron chi connectivity index (χ4n) is 5.50. The summed E-state index contributed by atoms with van der Waals surface area (Å²) in [6.07, 6.45) is 2.48. The van der Waals surface area contributed by atoms with Gasteiger partial charge in [-0.15, -0.1) is 10.2 Å². The van der Waals surface area contributed by atoms with Crippen LogP contribution in [-0.4, -0.2) is 50.0 Å². The van der Waals surface area contributed by atoms with Crippen molar-refractivity contribution in [3.63, 3.8) is 0 Å². The lowest BCUT2D eigenvalue weighted by Crippen LogP contribution is -2.27. The first-order valence-corrected chi connectivity index (χ1v) is 13.3. The van der Waals surface area contributed by atoms with E-state index in [2.05, 4.69) is 68.1 Å². The Bertz CT molecular complexity index is 1350. The number of hydrogen-bond donors (Lipinski definition) is 0. The van der Waals surface area contributed by atoms with Crippen molar-refractivity contribution in [3.05, 3.63) is 70.9 Å². The zero-order chi connectivity index (χ0) is 23.3. The zero-order valence-corrected chi connectivity index (χ0v) is 21.1. The molecule has 2 aromatic heterocycles. The topological polar surface area (TPSA) is 46.8 Å². The molecule has 0 unspecified atom stereocenters. The first-order chi connectivity index (χ1) is 16.5. The first-order valence-electron chi connectivity index (χ1n) is 11.9. The summed E-state index contributed by atoms with van der Waals surface area (Å²) < 4.78 is 2.11. The fraction of sp³-hybridized carbons (Fsp3) is 0.370. The number of fused-ring (bicyclic) bond motifs is 2. The average molecular weight is 490 g/mol. The van der Waals surface area contributed by atoms with Crippen molar-refractivity contribution in [3.8, 4) is 11.4 Å². The molecule has 5 nitrogen and oxygen atoms in total. The maximum atomic E-state index is 6.09. The fourth-order valence-corrected chi connectivity index (χ4v) is 6.46. The van der Waals surface area contributed by atoms with Crippen LogP contribution in [0.15, 0.2) is 59.8 Å². The monoisotopic (exact) mass is 489 g/mol. The number of benzene rings is 2. The molecule has 34 heavy (non-hydrogen) atoms. The smallest absolute Gasteiger partial charge is 0.191 e. The van der Waals surface area contributed by atoms with Crippen molar-refractivity contribution < 1.29 is 0 Å². The summed E-state index contributed by atoms with van der Waals surface area (Å²) in [7, 11) is 2.05. The second kappa shape index (κ2) is 8.67. The van der Waals surface area contributed by atoms with Gasteiger partial charge in [-0.3, -0.25) is 4.98 Å². The van der Waals surface area contributed by atoms with Crippen molar-refractivity contribution >= 4 is 34.3 Å². The largest absolute Gasteiger partial charge is 0.305 e. The number of halogens is 1. The standard InChI is InChI=1S/C27H28ClN5S/c1-18-4-5-19-14-20(6-11-24(19)29-18)25-30-31-26(32(25)2)34-13-3-12-33-16-22-15-27(22,17-33)21-7-9-23(28)10-8-21/h4-11,14,22H,3,12-13,15-17H2,1-2H3/t22-,27+/m1/s1. The zero-order valence-electron chi connectivity index (χ0n) is 19.5. The lowest BCUT2D eigenvalue weighted by atomic mass is 9.95. The van der Waals surface area contributed by atoms with Crippen LogP contribution in [0.2, 0.25) is 5.02 Å². The molecular weight excluding hydrogens is 462 g/mol. The van der Waals surface area contributed by atoms with Gasteiger partial charge in [-0.2, -0.15) is 0 Å². The van der Waals surface area contributed by atoms with Crippen LogP contribution in [0.5, 0.6) is 0 Å². The predicted molar refractivity (Wildman–Crippen MR) is 139 cm³/mol. The summed E-state index contributed by atoms with van der Waals surface area (Å²) in [5.41, 5.74) is 4.96. The van der Waals surface area contributed by atoms with Gasteiger partial charge in [-0.25, -0.2) is 0 Å². The molecule has 2 fully saturated rings. The van der Waals surface area contributed by atoms with E-state index >= 15 is 0 Å². The normalized spacial score (nSPS) is 21.8. The number of pyridine rings is 1. The molecule has 0 spiro atoms. The Hall–Kier alpha value is -2.41. The summed E-state index contributed by atoms with van der Waals surface area (Å²) in [5.74, 6) is 2.75. The van der Waals surface area contributed by atoms with Crippen LogP contribution in [-0.2, 0) is 12.5 Å². The van der Waals surface area contributed by atoms with Gasteiger partial charge in [0, 0.05) is 53.0 Å². The minimum atomic E-state index is 0.379. The number of rotatable bonds is 7. The summed E-state index contributed by atoms with van der Waals surface area (Å²) in [6, 6.07) is 19.0. The molecule has 3 heterocycles. The van der Waals surface area contributed by atoms with Gasteiger partial charge in [0.15, 0.2) is 11.0 Å². The van der Waals surface area contributed by atoms with Crippen LogP contribution < -0.4 is 0 Å². The third-order valence-corrected chi connectivity index (χ3v) is 8.77. The van der Waals surface area contributed by atoms with Crippen molar-refractivity contribution in [2.24, 2.45) is 13.0 Å². The number of piperidine rings is 1. The van der Waals surface area contributed by atoms with Crippen LogP contribution in [0, 0.1) is 12.8 Å². The molecule has 7 heteroatoms. The third-order valence-electron chi connectivity index (χ3n) is 7.41. The van der Waals surface area contributed by atoms with Crippen molar-refractivity contribution in [2.45, 2.75) is 30.3 Å². The molecule has 1 saturated heterocycles. The van der Waals surface area contributed by atoms with Crippen LogP contribution >= 0.6 is 23.4 Å². The third kappa shape index (κ3) is 4.02. The predicted octanol–water partition coefficient (Wildman–Crippen LogP) is 5.75. The average Bonchev–Trinajstić information content (AvgIpc) is 3.21. The molecule has 6 rings (SSSR count). The van der Waals surface area contributed by atoms with Crippen LogP contribution in [0.1, 0.15) is 24.1 Å².